The lowest BCUT2D eigenvalue weighted by molar-refractivity contribution is -0.115. The Labute approximate surface area is 181 Å². The van der Waals surface area contributed by atoms with Crippen molar-refractivity contribution in [1.29, 1.82) is 0 Å². The number of rotatable bonds is 4. The summed E-state index contributed by atoms with van der Waals surface area (Å²) >= 11 is 10.1. The molecule has 2 amide bonds. The number of primary amides is 1. The van der Waals surface area contributed by atoms with Crippen LogP contribution in [0.2, 0.25) is 0 Å². The van der Waals surface area contributed by atoms with Gasteiger partial charge >= 0.3 is 0 Å². The van der Waals surface area contributed by atoms with E-state index in [2.05, 4.69) is 33.5 Å². The summed E-state index contributed by atoms with van der Waals surface area (Å²) in [5.41, 5.74) is 8.01. The van der Waals surface area contributed by atoms with Gasteiger partial charge in [0, 0.05) is 15.4 Å². The number of anilines is 1. The highest BCUT2D eigenvalue weighted by molar-refractivity contribution is 9.10. The second-order valence-corrected chi connectivity index (χ2v) is 9.18. The standard InChI is InChI=1S/C20H20BrN3O2S2/c1-11-2-8-14-15(10-11)28-19(17(14)18(22)26)24-20(27)23-16(25)9-5-12-3-6-13(21)7-4-12/h3-7,9,11H,2,8,10H2,1H3,(H2,22,26)(H2,23,24,25,27). The van der Waals surface area contributed by atoms with Crippen molar-refractivity contribution in [3.8, 4) is 0 Å². The van der Waals surface area contributed by atoms with Gasteiger partial charge in [0.15, 0.2) is 5.11 Å². The van der Waals surface area contributed by atoms with Crippen molar-refractivity contribution in [2.75, 3.05) is 5.32 Å². The SMILES string of the molecule is CC1CCc2c(sc(NC(=S)NC(=O)C=Cc3ccc(Br)cc3)c2C(N)=O)C1. The molecular weight excluding hydrogens is 458 g/mol. The van der Waals surface area contributed by atoms with Crippen molar-refractivity contribution in [1.82, 2.24) is 5.32 Å². The Morgan fingerprint density at radius 3 is 2.71 bits per heavy atom. The molecule has 28 heavy (non-hydrogen) atoms. The van der Waals surface area contributed by atoms with Gasteiger partial charge in [0.25, 0.3) is 5.91 Å². The van der Waals surface area contributed by atoms with Crippen molar-refractivity contribution in [3.05, 3.63) is 56.4 Å². The van der Waals surface area contributed by atoms with Crippen LogP contribution in [0.1, 0.15) is 39.7 Å². The molecule has 1 aromatic heterocycles. The molecule has 0 radical (unpaired) electrons. The molecule has 0 fully saturated rings. The normalized spacial score (nSPS) is 15.9. The summed E-state index contributed by atoms with van der Waals surface area (Å²) in [6.07, 6.45) is 5.91. The fourth-order valence-corrected chi connectivity index (χ4v) is 5.09. The van der Waals surface area contributed by atoms with Crippen LogP contribution in [0.3, 0.4) is 0 Å². The van der Waals surface area contributed by atoms with E-state index in [1.807, 2.05) is 24.3 Å². The van der Waals surface area contributed by atoms with E-state index in [0.29, 0.717) is 16.5 Å². The van der Waals surface area contributed by atoms with Gasteiger partial charge in [0.2, 0.25) is 5.91 Å². The molecule has 2 aromatic rings. The minimum Gasteiger partial charge on any atom is -0.365 e. The Morgan fingerprint density at radius 1 is 1.32 bits per heavy atom. The number of nitrogens with two attached hydrogens (primary N) is 1. The van der Waals surface area contributed by atoms with Gasteiger partial charge in [-0.3, -0.25) is 14.9 Å². The van der Waals surface area contributed by atoms with Crippen molar-refractivity contribution in [3.63, 3.8) is 0 Å². The quantitative estimate of drug-likeness (QED) is 0.453. The average Bonchev–Trinajstić information content (AvgIpc) is 2.97. The van der Waals surface area contributed by atoms with E-state index in [1.54, 1.807) is 6.08 Å². The van der Waals surface area contributed by atoms with Crippen LogP contribution in [-0.4, -0.2) is 16.9 Å². The van der Waals surface area contributed by atoms with Crippen LogP contribution in [-0.2, 0) is 17.6 Å². The third-order valence-electron chi connectivity index (χ3n) is 4.52. The van der Waals surface area contributed by atoms with Gasteiger partial charge < -0.3 is 11.1 Å². The lowest BCUT2D eigenvalue weighted by atomic mass is 9.88. The van der Waals surface area contributed by atoms with E-state index in [0.717, 1.165) is 34.9 Å². The maximum Gasteiger partial charge on any atom is 0.251 e. The van der Waals surface area contributed by atoms with Gasteiger partial charge in [-0.1, -0.05) is 35.0 Å². The smallest absolute Gasteiger partial charge is 0.251 e. The molecule has 0 bridgehead atoms. The van der Waals surface area contributed by atoms with Gasteiger partial charge in [-0.2, -0.15) is 0 Å². The molecular formula is C20H20BrN3O2S2. The predicted molar refractivity (Wildman–Crippen MR) is 122 cm³/mol. The summed E-state index contributed by atoms with van der Waals surface area (Å²) < 4.78 is 0.970. The molecule has 1 aromatic carbocycles. The van der Waals surface area contributed by atoms with Gasteiger partial charge in [-0.15, -0.1) is 11.3 Å². The molecule has 4 N–H and O–H groups in total. The molecule has 5 nitrogen and oxygen atoms in total. The van der Waals surface area contributed by atoms with Crippen molar-refractivity contribution in [2.45, 2.75) is 26.2 Å². The summed E-state index contributed by atoms with van der Waals surface area (Å²) in [6.45, 7) is 2.20. The van der Waals surface area contributed by atoms with Crippen molar-refractivity contribution >= 4 is 67.5 Å². The maximum atomic E-state index is 12.1. The Balaban J connectivity index is 1.67. The lowest BCUT2D eigenvalue weighted by Crippen LogP contribution is -2.33. The first-order valence-electron chi connectivity index (χ1n) is 8.83. The van der Waals surface area contributed by atoms with E-state index in [1.165, 1.54) is 22.3 Å². The summed E-state index contributed by atoms with van der Waals surface area (Å²) in [5.74, 6) is -0.245. The number of thiocarbonyl (C=S) groups is 1. The lowest BCUT2D eigenvalue weighted by Gasteiger charge is -2.18. The number of hydrogen-bond donors (Lipinski definition) is 3. The minimum atomic E-state index is -0.473. The molecule has 1 atom stereocenters. The van der Waals surface area contributed by atoms with Crippen LogP contribution in [0, 0.1) is 5.92 Å². The van der Waals surface area contributed by atoms with Crippen LogP contribution in [0.15, 0.2) is 34.8 Å². The Kier molecular flexibility index (Phi) is 6.64. The Bertz CT molecular complexity index is 951. The van der Waals surface area contributed by atoms with E-state index < -0.39 is 5.91 Å². The van der Waals surface area contributed by atoms with E-state index in [9.17, 15) is 9.59 Å². The third-order valence-corrected chi connectivity index (χ3v) is 6.42. The topological polar surface area (TPSA) is 84.2 Å². The molecule has 0 saturated carbocycles. The van der Waals surface area contributed by atoms with Crippen molar-refractivity contribution < 1.29 is 9.59 Å². The number of amides is 2. The van der Waals surface area contributed by atoms with Gasteiger partial charge in [-0.25, -0.2) is 0 Å². The van der Waals surface area contributed by atoms with Crippen LogP contribution < -0.4 is 16.4 Å². The molecule has 146 valence electrons. The molecule has 0 spiro atoms. The van der Waals surface area contributed by atoms with E-state index in [-0.39, 0.29) is 11.0 Å². The molecule has 0 saturated heterocycles. The number of fused-ring (bicyclic) bond motifs is 1. The highest BCUT2D eigenvalue weighted by Crippen LogP contribution is 2.39. The summed E-state index contributed by atoms with van der Waals surface area (Å²) in [4.78, 5) is 25.3. The van der Waals surface area contributed by atoms with Gasteiger partial charge in [0.1, 0.15) is 5.00 Å². The summed E-state index contributed by atoms with van der Waals surface area (Å²) in [5, 5.41) is 6.33. The zero-order valence-corrected chi connectivity index (χ0v) is 18.5. The van der Waals surface area contributed by atoms with Crippen LogP contribution in [0.4, 0.5) is 5.00 Å². The zero-order chi connectivity index (χ0) is 20.3. The highest BCUT2D eigenvalue weighted by Gasteiger charge is 2.26. The monoisotopic (exact) mass is 477 g/mol. The number of halogens is 1. The second kappa shape index (κ2) is 8.98. The van der Waals surface area contributed by atoms with Crippen LogP contribution in [0.25, 0.3) is 6.08 Å². The number of benzene rings is 1. The molecule has 3 rings (SSSR count). The van der Waals surface area contributed by atoms with Crippen LogP contribution in [0.5, 0.6) is 0 Å². The highest BCUT2D eigenvalue weighted by atomic mass is 79.9. The summed E-state index contributed by atoms with van der Waals surface area (Å²) in [6, 6.07) is 7.57. The number of thiophene rings is 1. The van der Waals surface area contributed by atoms with Crippen LogP contribution >= 0.6 is 39.5 Å². The molecule has 1 unspecified atom stereocenters. The molecule has 1 aliphatic rings. The average molecular weight is 478 g/mol. The molecule has 1 heterocycles. The van der Waals surface area contributed by atoms with E-state index >= 15 is 0 Å². The largest absolute Gasteiger partial charge is 0.365 e. The molecule has 1 aliphatic carbocycles. The molecule has 8 heteroatoms. The van der Waals surface area contributed by atoms with Crippen molar-refractivity contribution in [2.24, 2.45) is 11.7 Å². The summed E-state index contributed by atoms with van der Waals surface area (Å²) in [7, 11) is 0. The fraction of sp³-hybridized carbons (Fsp3) is 0.250. The fourth-order valence-electron chi connectivity index (χ4n) is 3.13. The third kappa shape index (κ3) is 5.06. The van der Waals surface area contributed by atoms with Gasteiger partial charge in [0.05, 0.1) is 5.56 Å². The minimum absolute atomic E-state index is 0.139. The first-order chi connectivity index (χ1) is 13.3. The number of hydrogen-bond acceptors (Lipinski definition) is 4. The number of carbonyl (C=O) groups excluding carboxylic acids is 2. The zero-order valence-electron chi connectivity index (χ0n) is 15.3. The Morgan fingerprint density at radius 2 is 2.04 bits per heavy atom. The molecule has 0 aliphatic heterocycles. The van der Waals surface area contributed by atoms with E-state index in [4.69, 9.17) is 18.0 Å². The predicted octanol–water partition coefficient (Wildman–Crippen LogP) is 4.26. The second-order valence-electron chi connectivity index (χ2n) is 6.75. The first-order valence-corrected chi connectivity index (χ1v) is 10.8. The Hall–Kier alpha value is -2.03. The number of carbonyl (C=O) groups is 2. The maximum absolute atomic E-state index is 12.1. The number of nitrogens with one attached hydrogen (secondary N) is 2. The first kappa shape index (κ1) is 20.7. The van der Waals surface area contributed by atoms with Gasteiger partial charge in [-0.05, 0) is 66.7 Å².